The molecule has 3 fully saturated rings. The molecule has 2 heterocycles. The van der Waals surface area contributed by atoms with E-state index < -0.39 is 0 Å². The molecule has 1 N–H and O–H groups in total. The summed E-state index contributed by atoms with van der Waals surface area (Å²) in [4.78, 5) is 14.7. The van der Waals surface area contributed by atoms with E-state index in [2.05, 4.69) is 21.6 Å². The summed E-state index contributed by atoms with van der Waals surface area (Å²) < 4.78 is 5.80. The lowest BCUT2D eigenvalue weighted by Crippen LogP contribution is -2.45. The van der Waals surface area contributed by atoms with Gasteiger partial charge < -0.3 is 14.6 Å². The van der Waals surface area contributed by atoms with Gasteiger partial charge in [0, 0.05) is 19.0 Å². The second-order valence-electron chi connectivity index (χ2n) is 8.82. The highest BCUT2D eigenvalue weighted by Gasteiger charge is 2.46. The van der Waals surface area contributed by atoms with Crippen LogP contribution in [0.5, 0.6) is 0 Å². The van der Waals surface area contributed by atoms with E-state index in [1.54, 1.807) is 0 Å². The molecule has 1 aliphatic heterocycles. The Kier molecular flexibility index (Phi) is 4.30. The normalized spacial score (nSPS) is 25.3. The molecule has 5 rings (SSSR count). The number of aromatic nitrogens is 2. The number of nitrogens with one attached hydrogen (secondary N) is 1. The van der Waals surface area contributed by atoms with Crippen molar-refractivity contribution in [1.29, 1.82) is 5.26 Å². The van der Waals surface area contributed by atoms with Gasteiger partial charge in [0.2, 0.25) is 11.8 Å². The molecule has 3 atom stereocenters. The van der Waals surface area contributed by atoms with Crippen molar-refractivity contribution in [3.8, 4) is 6.07 Å². The number of hydrogen-bond acceptors (Lipinski definition) is 6. The van der Waals surface area contributed by atoms with E-state index >= 15 is 0 Å². The molecule has 1 spiro atoms. The highest BCUT2D eigenvalue weighted by molar-refractivity contribution is 5.83. The van der Waals surface area contributed by atoms with E-state index in [9.17, 15) is 4.79 Å². The molecule has 1 amide bonds. The van der Waals surface area contributed by atoms with E-state index in [1.807, 2.05) is 36.1 Å². The van der Waals surface area contributed by atoms with Crippen molar-refractivity contribution in [2.45, 2.75) is 56.9 Å². The first-order valence-electron chi connectivity index (χ1n) is 10.5. The van der Waals surface area contributed by atoms with Crippen molar-refractivity contribution in [3.05, 3.63) is 41.3 Å². The molecular formula is C22H25N5O2. The molecule has 1 aromatic heterocycles. The second kappa shape index (κ2) is 6.87. The standard InChI is InChI=1S/C22H25N5O2/c1-14(20(28)27-10-8-22(6-7-22)9-11-27)24-21-26-25-19(29-21)18-12-17(18)16-4-2-15(13-23)3-5-16/h2-5,14,17-18H,6-12H2,1H3,(H,24,26)/t14-,17-,18-/m0/s1. The van der Waals surface area contributed by atoms with E-state index in [1.165, 1.54) is 18.4 Å². The smallest absolute Gasteiger partial charge is 0.316 e. The Morgan fingerprint density at radius 1 is 1.21 bits per heavy atom. The van der Waals surface area contributed by atoms with Gasteiger partial charge in [-0.1, -0.05) is 17.2 Å². The molecule has 2 aliphatic carbocycles. The van der Waals surface area contributed by atoms with Gasteiger partial charge >= 0.3 is 6.01 Å². The van der Waals surface area contributed by atoms with Gasteiger partial charge in [0.25, 0.3) is 0 Å². The molecule has 29 heavy (non-hydrogen) atoms. The fourth-order valence-electron chi connectivity index (χ4n) is 4.48. The van der Waals surface area contributed by atoms with E-state index in [0.717, 1.165) is 32.4 Å². The van der Waals surface area contributed by atoms with Crippen LogP contribution in [0.3, 0.4) is 0 Å². The molecule has 0 bridgehead atoms. The number of rotatable bonds is 5. The van der Waals surface area contributed by atoms with Crippen molar-refractivity contribution in [2.75, 3.05) is 18.4 Å². The largest absolute Gasteiger partial charge is 0.408 e. The number of amides is 1. The molecule has 0 radical (unpaired) electrons. The van der Waals surface area contributed by atoms with Gasteiger partial charge in [-0.25, -0.2) is 0 Å². The van der Waals surface area contributed by atoms with Gasteiger partial charge in [-0.2, -0.15) is 5.26 Å². The number of carbonyl (C=O) groups excluding carboxylic acids is 1. The van der Waals surface area contributed by atoms with Crippen LogP contribution in [0.15, 0.2) is 28.7 Å². The Morgan fingerprint density at radius 3 is 2.59 bits per heavy atom. The number of benzene rings is 1. The number of anilines is 1. The van der Waals surface area contributed by atoms with E-state index in [-0.39, 0.29) is 17.9 Å². The average molecular weight is 391 g/mol. The molecule has 1 saturated heterocycles. The molecule has 7 heteroatoms. The van der Waals surface area contributed by atoms with Gasteiger partial charge in [-0.3, -0.25) is 4.79 Å². The fourth-order valence-corrected chi connectivity index (χ4v) is 4.48. The lowest BCUT2D eigenvalue weighted by Gasteiger charge is -2.33. The number of likely N-dealkylation sites (tertiary alicyclic amines) is 1. The first-order chi connectivity index (χ1) is 14.1. The van der Waals surface area contributed by atoms with Gasteiger partial charge in [-0.15, -0.1) is 5.10 Å². The van der Waals surface area contributed by atoms with Crippen molar-refractivity contribution in [2.24, 2.45) is 5.41 Å². The molecule has 2 saturated carbocycles. The number of hydrogen-bond donors (Lipinski definition) is 1. The van der Waals surface area contributed by atoms with Crippen LogP contribution < -0.4 is 5.32 Å². The SMILES string of the molecule is C[C@H](Nc1nnc([C@H]2C[C@H]2c2ccc(C#N)cc2)o1)C(=O)N1CCC2(CC1)CC2. The van der Waals surface area contributed by atoms with Crippen molar-refractivity contribution >= 4 is 11.9 Å². The minimum Gasteiger partial charge on any atom is -0.408 e. The second-order valence-corrected chi connectivity index (χ2v) is 8.82. The highest BCUT2D eigenvalue weighted by atomic mass is 16.4. The lowest BCUT2D eigenvalue weighted by molar-refractivity contribution is -0.133. The summed E-state index contributed by atoms with van der Waals surface area (Å²) in [5.41, 5.74) is 2.41. The summed E-state index contributed by atoms with van der Waals surface area (Å²) in [6.07, 6.45) is 5.89. The maximum atomic E-state index is 12.7. The average Bonchev–Trinajstić information content (AvgIpc) is 3.67. The predicted molar refractivity (Wildman–Crippen MR) is 106 cm³/mol. The van der Waals surface area contributed by atoms with Crippen LogP contribution in [0, 0.1) is 16.7 Å². The van der Waals surface area contributed by atoms with Crippen molar-refractivity contribution in [1.82, 2.24) is 15.1 Å². The highest BCUT2D eigenvalue weighted by Crippen LogP contribution is 2.54. The first kappa shape index (κ1) is 18.2. The molecule has 1 aromatic carbocycles. The molecule has 0 unspecified atom stereocenters. The monoisotopic (exact) mass is 391 g/mol. The zero-order chi connectivity index (χ0) is 20.0. The Morgan fingerprint density at radius 2 is 1.93 bits per heavy atom. The molecule has 3 aliphatic rings. The topological polar surface area (TPSA) is 95.0 Å². The van der Waals surface area contributed by atoms with Gasteiger partial charge in [0.05, 0.1) is 11.6 Å². The number of nitrogens with zero attached hydrogens (tertiary/aromatic N) is 4. The summed E-state index contributed by atoms with van der Waals surface area (Å²) >= 11 is 0. The van der Waals surface area contributed by atoms with Crippen LogP contribution in [0.2, 0.25) is 0 Å². The third-order valence-electron chi connectivity index (χ3n) is 6.82. The van der Waals surface area contributed by atoms with Crippen LogP contribution in [-0.4, -0.2) is 40.1 Å². The Labute approximate surface area is 170 Å². The van der Waals surface area contributed by atoms with E-state index in [4.69, 9.17) is 9.68 Å². The summed E-state index contributed by atoms with van der Waals surface area (Å²) in [6, 6.07) is 9.72. The first-order valence-corrected chi connectivity index (χ1v) is 10.5. The van der Waals surface area contributed by atoms with Crippen LogP contribution in [0.25, 0.3) is 0 Å². The minimum atomic E-state index is -0.384. The molecule has 150 valence electrons. The summed E-state index contributed by atoms with van der Waals surface area (Å²) in [5.74, 6) is 1.25. The third-order valence-corrected chi connectivity index (χ3v) is 6.82. The number of piperidine rings is 1. The summed E-state index contributed by atoms with van der Waals surface area (Å²) in [5, 5.41) is 20.3. The number of nitriles is 1. The minimum absolute atomic E-state index is 0.0992. The molecular weight excluding hydrogens is 366 g/mol. The van der Waals surface area contributed by atoms with Crippen LogP contribution in [-0.2, 0) is 4.79 Å². The Hall–Kier alpha value is -2.88. The zero-order valence-corrected chi connectivity index (χ0v) is 16.6. The van der Waals surface area contributed by atoms with Crippen LogP contribution in [0.1, 0.15) is 67.9 Å². The summed E-state index contributed by atoms with van der Waals surface area (Å²) in [6.45, 7) is 3.56. The zero-order valence-electron chi connectivity index (χ0n) is 16.6. The van der Waals surface area contributed by atoms with Gasteiger partial charge in [-0.05, 0) is 68.1 Å². The maximum absolute atomic E-state index is 12.7. The van der Waals surface area contributed by atoms with Crippen LogP contribution >= 0.6 is 0 Å². The predicted octanol–water partition coefficient (Wildman–Crippen LogP) is 3.42. The van der Waals surface area contributed by atoms with E-state index in [0.29, 0.717) is 28.8 Å². The Balaban J connectivity index is 1.16. The lowest BCUT2D eigenvalue weighted by atomic mass is 9.93. The van der Waals surface area contributed by atoms with Gasteiger partial charge in [0.1, 0.15) is 6.04 Å². The summed E-state index contributed by atoms with van der Waals surface area (Å²) in [7, 11) is 0. The van der Waals surface area contributed by atoms with Crippen molar-refractivity contribution in [3.63, 3.8) is 0 Å². The number of carbonyl (C=O) groups is 1. The molecule has 7 nitrogen and oxygen atoms in total. The maximum Gasteiger partial charge on any atom is 0.316 e. The van der Waals surface area contributed by atoms with Crippen LogP contribution in [0.4, 0.5) is 6.01 Å². The fraction of sp³-hybridized carbons (Fsp3) is 0.545. The van der Waals surface area contributed by atoms with Crippen molar-refractivity contribution < 1.29 is 9.21 Å². The quantitative estimate of drug-likeness (QED) is 0.839. The van der Waals surface area contributed by atoms with Gasteiger partial charge in [0.15, 0.2) is 0 Å². The molecule has 2 aromatic rings. The third kappa shape index (κ3) is 3.59. The Bertz CT molecular complexity index is 946.